The van der Waals surface area contributed by atoms with Crippen LogP contribution in [0.1, 0.15) is 43.4 Å². The van der Waals surface area contributed by atoms with Crippen molar-refractivity contribution in [2.24, 2.45) is 5.41 Å². The maximum atomic E-state index is 12.5. The quantitative estimate of drug-likeness (QED) is 0.813. The van der Waals surface area contributed by atoms with Crippen LogP contribution >= 0.6 is 0 Å². The number of aromatic nitrogens is 2. The number of aliphatic hydroxyl groups excluding tert-OH is 1. The Balaban J connectivity index is 1.89. The minimum atomic E-state index is -0.388. The summed E-state index contributed by atoms with van der Waals surface area (Å²) in [5.41, 5.74) is 5.06. The Labute approximate surface area is 161 Å². The van der Waals surface area contributed by atoms with Gasteiger partial charge in [-0.3, -0.25) is 9.78 Å². The van der Waals surface area contributed by atoms with Gasteiger partial charge in [0.25, 0.3) is 0 Å². The van der Waals surface area contributed by atoms with E-state index < -0.39 is 0 Å². The van der Waals surface area contributed by atoms with Gasteiger partial charge in [-0.15, -0.1) is 0 Å². The van der Waals surface area contributed by atoms with Gasteiger partial charge in [0.15, 0.2) is 5.78 Å². The second-order valence-electron chi connectivity index (χ2n) is 8.43. The summed E-state index contributed by atoms with van der Waals surface area (Å²) in [6, 6.07) is 6.17. The number of aryl methyl sites for hydroxylation is 2. The Morgan fingerprint density at radius 3 is 2.74 bits per heavy atom. The molecule has 27 heavy (non-hydrogen) atoms. The third kappa shape index (κ3) is 4.53. The van der Waals surface area contributed by atoms with Crippen molar-refractivity contribution in [3.63, 3.8) is 0 Å². The standard InChI is InChI=1S/C22H29N3O2/c1-15-8-9-23-19(10-15)20-11-16-6-5-7-18(16)21(24-20)25(4)13-17(27)12-22(2,3)14-26/h8-11,26H,5-7,12-14H2,1-4H3. The molecule has 5 heteroatoms. The van der Waals surface area contributed by atoms with E-state index in [-0.39, 0.29) is 17.8 Å². The lowest BCUT2D eigenvalue weighted by atomic mass is 9.88. The lowest BCUT2D eigenvalue weighted by Gasteiger charge is -2.25. The molecule has 0 amide bonds. The number of carbonyl (C=O) groups is 1. The summed E-state index contributed by atoms with van der Waals surface area (Å²) in [6.07, 6.45) is 5.33. The van der Waals surface area contributed by atoms with Crippen molar-refractivity contribution < 1.29 is 9.90 Å². The molecule has 0 atom stereocenters. The van der Waals surface area contributed by atoms with Gasteiger partial charge in [-0.2, -0.15) is 0 Å². The van der Waals surface area contributed by atoms with Gasteiger partial charge in [-0.05, 0) is 66.5 Å². The Hall–Kier alpha value is -2.27. The number of anilines is 1. The molecule has 1 aliphatic carbocycles. The Bertz CT molecular complexity index is 845. The van der Waals surface area contributed by atoms with E-state index in [0.29, 0.717) is 13.0 Å². The van der Waals surface area contributed by atoms with Gasteiger partial charge < -0.3 is 10.0 Å². The highest BCUT2D eigenvalue weighted by atomic mass is 16.3. The Kier molecular flexibility index (Phi) is 5.61. The number of carbonyl (C=O) groups excluding carboxylic acids is 1. The van der Waals surface area contributed by atoms with E-state index in [4.69, 9.17) is 4.98 Å². The highest BCUT2D eigenvalue weighted by Gasteiger charge is 2.25. The lowest BCUT2D eigenvalue weighted by Crippen LogP contribution is -2.31. The zero-order valence-corrected chi connectivity index (χ0v) is 16.7. The van der Waals surface area contributed by atoms with Crippen molar-refractivity contribution in [3.05, 3.63) is 41.1 Å². The largest absolute Gasteiger partial charge is 0.396 e. The zero-order valence-electron chi connectivity index (χ0n) is 16.7. The lowest BCUT2D eigenvalue weighted by molar-refractivity contribution is -0.120. The molecule has 0 aromatic carbocycles. The minimum absolute atomic E-state index is 0.00458. The number of fused-ring (bicyclic) bond motifs is 1. The van der Waals surface area contributed by atoms with E-state index in [1.807, 2.05) is 51.0 Å². The minimum Gasteiger partial charge on any atom is -0.396 e. The van der Waals surface area contributed by atoms with Crippen LogP contribution in [-0.4, -0.2) is 41.1 Å². The number of rotatable bonds is 7. The molecule has 0 bridgehead atoms. The molecule has 144 valence electrons. The van der Waals surface area contributed by atoms with E-state index in [0.717, 1.165) is 42.0 Å². The fourth-order valence-electron chi connectivity index (χ4n) is 3.67. The molecule has 0 saturated carbocycles. The number of ketones is 1. The number of hydrogen-bond donors (Lipinski definition) is 1. The summed E-state index contributed by atoms with van der Waals surface area (Å²) in [6.45, 7) is 6.17. The number of hydrogen-bond acceptors (Lipinski definition) is 5. The van der Waals surface area contributed by atoms with Crippen molar-refractivity contribution in [1.82, 2.24) is 9.97 Å². The molecule has 5 nitrogen and oxygen atoms in total. The molecule has 0 fully saturated rings. The first-order valence-corrected chi connectivity index (χ1v) is 9.58. The van der Waals surface area contributed by atoms with Gasteiger partial charge in [-0.1, -0.05) is 13.8 Å². The van der Waals surface area contributed by atoms with Crippen LogP contribution in [0.15, 0.2) is 24.4 Å². The van der Waals surface area contributed by atoms with Gasteiger partial charge in [-0.25, -0.2) is 4.98 Å². The molecule has 2 aromatic heterocycles. The Morgan fingerprint density at radius 1 is 1.26 bits per heavy atom. The molecule has 1 N–H and O–H groups in total. The average molecular weight is 367 g/mol. The number of pyridine rings is 2. The van der Waals surface area contributed by atoms with Crippen LogP contribution < -0.4 is 4.90 Å². The highest BCUT2D eigenvalue weighted by Crippen LogP contribution is 2.33. The van der Waals surface area contributed by atoms with Crippen LogP contribution in [0.2, 0.25) is 0 Å². The van der Waals surface area contributed by atoms with Crippen molar-refractivity contribution in [1.29, 1.82) is 0 Å². The third-order valence-electron chi connectivity index (χ3n) is 5.12. The van der Waals surface area contributed by atoms with E-state index in [9.17, 15) is 9.90 Å². The van der Waals surface area contributed by atoms with Gasteiger partial charge in [0.2, 0.25) is 0 Å². The fourth-order valence-corrected chi connectivity index (χ4v) is 3.67. The number of nitrogens with zero attached hydrogens (tertiary/aromatic N) is 3. The van der Waals surface area contributed by atoms with Crippen molar-refractivity contribution in [2.45, 2.75) is 46.5 Å². The van der Waals surface area contributed by atoms with Gasteiger partial charge in [0.1, 0.15) is 5.82 Å². The SMILES string of the molecule is Cc1ccnc(-c2cc3c(c(N(C)CC(=O)CC(C)(C)CO)n2)CCC3)c1. The summed E-state index contributed by atoms with van der Waals surface area (Å²) < 4.78 is 0. The van der Waals surface area contributed by atoms with E-state index in [1.54, 1.807) is 0 Å². The van der Waals surface area contributed by atoms with Crippen LogP contribution in [0.25, 0.3) is 11.4 Å². The summed E-state index contributed by atoms with van der Waals surface area (Å²) in [5.74, 6) is 1.00. The maximum absolute atomic E-state index is 12.5. The number of Topliss-reactive ketones (excluding diaryl/α,β-unsaturated/α-hetero) is 1. The summed E-state index contributed by atoms with van der Waals surface area (Å²) in [5, 5.41) is 9.42. The molecule has 2 aromatic rings. The topological polar surface area (TPSA) is 66.3 Å². The van der Waals surface area contributed by atoms with Gasteiger partial charge in [0.05, 0.1) is 17.9 Å². The van der Waals surface area contributed by atoms with Crippen molar-refractivity contribution in [2.75, 3.05) is 25.1 Å². The van der Waals surface area contributed by atoms with Crippen LogP contribution in [-0.2, 0) is 17.6 Å². The third-order valence-corrected chi connectivity index (χ3v) is 5.12. The van der Waals surface area contributed by atoms with E-state index in [1.165, 1.54) is 11.1 Å². The zero-order chi connectivity index (χ0) is 19.6. The van der Waals surface area contributed by atoms with Crippen LogP contribution in [0.5, 0.6) is 0 Å². The molecule has 0 radical (unpaired) electrons. The molecular formula is C22H29N3O2. The second-order valence-corrected chi connectivity index (χ2v) is 8.43. The first-order valence-electron chi connectivity index (χ1n) is 9.58. The highest BCUT2D eigenvalue weighted by molar-refractivity contribution is 5.84. The number of aliphatic hydroxyl groups is 1. The normalized spacial score (nSPS) is 13.5. The second kappa shape index (κ2) is 7.77. The monoisotopic (exact) mass is 367 g/mol. The summed E-state index contributed by atoms with van der Waals surface area (Å²) >= 11 is 0. The molecule has 1 aliphatic rings. The van der Waals surface area contributed by atoms with Crippen LogP contribution in [0, 0.1) is 12.3 Å². The molecular weight excluding hydrogens is 338 g/mol. The molecule has 3 rings (SSSR count). The van der Waals surface area contributed by atoms with E-state index in [2.05, 4.69) is 11.1 Å². The number of likely N-dealkylation sites (N-methyl/N-ethyl adjacent to an activating group) is 1. The Morgan fingerprint density at radius 2 is 2.04 bits per heavy atom. The maximum Gasteiger partial charge on any atom is 0.152 e. The van der Waals surface area contributed by atoms with E-state index >= 15 is 0 Å². The smallest absolute Gasteiger partial charge is 0.152 e. The summed E-state index contributed by atoms with van der Waals surface area (Å²) in [4.78, 5) is 23.8. The predicted octanol–water partition coefficient (Wildman–Crippen LogP) is 3.35. The first kappa shape index (κ1) is 19.5. The van der Waals surface area contributed by atoms with Crippen LogP contribution in [0.3, 0.4) is 0 Å². The molecule has 2 heterocycles. The predicted molar refractivity (Wildman–Crippen MR) is 108 cm³/mol. The van der Waals surface area contributed by atoms with Crippen molar-refractivity contribution in [3.8, 4) is 11.4 Å². The first-order chi connectivity index (χ1) is 12.8. The molecule has 0 aliphatic heterocycles. The van der Waals surface area contributed by atoms with Gasteiger partial charge in [0, 0.05) is 26.3 Å². The molecule has 0 spiro atoms. The van der Waals surface area contributed by atoms with Crippen molar-refractivity contribution >= 4 is 11.6 Å². The van der Waals surface area contributed by atoms with Gasteiger partial charge >= 0.3 is 0 Å². The molecule has 0 unspecified atom stereocenters. The average Bonchev–Trinajstić information content (AvgIpc) is 3.08. The summed E-state index contributed by atoms with van der Waals surface area (Å²) in [7, 11) is 1.93. The molecule has 0 saturated heterocycles. The van der Waals surface area contributed by atoms with Crippen LogP contribution in [0.4, 0.5) is 5.82 Å². The fraction of sp³-hybridized carbons (Fsp3) is 0.500.